The lowest BCUT2D eigenvalue weighted by molar-refractivity contribution is -0.380. The van der Waals surface area contributed by atoms with E-state index in [0.717, 1.165) is 16.9 Å². The molecule has 1 aliphatic rings. The molecule has 0 amide bonds. The van der Waals surface area contributed by atoms with Gasteiger partial charge < -0.3 is 14.8 Å². The maximum absolute atomic E-state index is 11.3. The zero-order valence-corrected chi connectivity index (χ0v) is 16.3. The number of thiophene rings is 1. The van der Waals surface area contributed by atoms with Gasteiger partial charge in [0.1, 0.15) is 29.6 Å². The third kappa shape index (κ3) is 3.46. The Morgan fingerprint density at radius 3 is 2.80 bits per heavy atom. The molecule has 0 aliphatic carbocycles. The second kappa shape index (κ2) is 7.52. The Kier molecular flexibility index (Phi) is 4.56. The Morgan fingerprint density at radius 1 is 1.13 bits per heavy atom. The molecular formula is C19H14N6O4S. The molecule has 4 aromatic rings. The molecule has 4 heterocycles. The Morgan fingerprint density at radius 2 is 2.00 bits per heavy atom. The Bertz CT molecular complexity index is 1250. The molecule has 0 unspecified atom stereocenters. The largest absolute Gasteiger partial charge is 0.486 e. The minimum Gasteiger partial charge on any atom is -0.486 e. The van der Waals surface area contributed by atoms with Gasteiger partial charge in [0.25, 0.3) is 0 Å². The van der Waals surface area contributed by atoms with Gasteiger partial charge in [-0.05, 0) is 29.0 Å². The fraction of sp³-hybridized carbons (Fsp3) is 0.158. The number of anilines is 1. The standard InChI is InChI=1S/C19H14N6O4S/c26-25(27)16-8-12-17(22-9-11-1-2-14-15(7-11)29-6-5-28-14)23-18(24-19(12)30-16)13-10-20-3-4-21-13/h1-4,7-8,10H,5-6,9H2,(H,22,23,24). The van der Waals surface area contributed by atoms with Crippen molar-refractivity contribution in [1.29, 1.82) is 0 Å². The number of nitrogens with one attached hydrogen (secondary N) is 1. The SMILES string of the molecule is O=[N+]([O-])c1cc2c(NCc3ccc4c(c3)OCCO4)nc(-c3cnccn3)nc2s1. The molecule has 1 aromatic carbocycles. The van der Waals surface area contributed by atoms with Gasteiger partial charge in [-0.3, -0.25) is 15.1 Å². The van der Waals surface area contributed by atoms with E-state index in [1.165, 1.54) is 6.07 Å². The predicted octanol–water partition coefficient (Wildman–Crippen LogP) is 3.44. The molecule has 0 saturated carbocycles. The van der Waals surface area contributed by atoms with E-state index in [1.54, 1.807) is 18.6 Å². The molecule has 0 atom stereocenters. The summed E-state index contributed by atoms with van der Waals surface area (Å²) in [5.74, 6) is 2.24. The number of benzene rings is 1. The van der Waals surface area contributed by atoms with E-state index < -0.39 is 4.92 Å². The second-order valence-corrected chi connectivity index (χ2v) is 7.39. The van der Waals surface area contributed by atoms with Gasteiger partial charge in [-0.25, -0.2) is 15.0 Å². The quantitative estimate of drug-likeness (QED) is 0.380. The number of rotatable bonds is 5. The smallest absolute Gasteiger partial charge is 0.326 e. The first-order chi connectivity index (χ1) is 14.7. The number of aromatic nitrogens is 4. The summed E-state index contributed by atoms with van der Waals surface area (Å²) >= 11 is 0.994. The summed E-state index contributed by atoms with van der Waals surface area (Å²) in [6, 6.07) is 7.17. The van der Waals surface area contributed by atoms with Crippen molar-refractivity contribution in [3.8, 4) is 23.0 Å². The molecule has 0 bridgehead atoms. The fourth-order valence-electron chi connectivity index (χ4n) is 3.05. The number of hydrogen-bond acceptors (Lipinski definition) is 10. The second-order valence-electron chi connectivity index (χ2n) is 6.38. The van der Waals surface area contributed by atoms with Gasteiger partial charge in [0.2, 0.25) is 0 Å². The normalized spacial score (nSPS) is 12.7. The third-order valence-electron chi connectivity index (χ3n) is 4.42. The van der Waals surface area contributed by atoms with Crippen LogP contribution >= 0.6 is 11.3 Å². The summed E-state index contributed by atoms with van der Waals surface area (Å²) in [4.78, 5) is 28.6. The molecule has 0 saturated heterocycles. The molecule has 1 aliphatic heterocycles. The van der Waals surface area contributed by atoms with E-state index in [1.807, 2.05) is 18.2 Å². The Hall–Kier alpha value is -3.86. The van der Waals surface area contributed by atoms with Crippen LogP contribution in [-0.4, -0.2) is 38.1 Å². The van der Waals surface area contributed by atoms with Crippen LogP contribution in [0.5, 0.6) is 11.5 Å². The van der Waals surface area contributed by atoms with Crippen LogP contribution in [0.1, 0.15) is 5.56 Å². The minimum absolute atomic E-state index is 0.00187. The lowest BCUT2D eigenvalue weighted by Crippen LogP contribution is -2.15. The summed E-state index contributed by atoms with van der Waals surface area (Å²) < 4.78 is 11.2. The molecule has 150 valence electrons. The van der Waals surface area contributed by atoms with Crippen LogP contribution in [0.15, 0.2) is 42.9 Å². The summed E-state index contributed by atoms with van der Waals surface area (Å²) in [6.07, 6.45) is 4.65. The Labute approximate surface area is 173 Å². The van der Waals surface area contributed by atoms with Gasteiger partial charge in [-0.2, -0.15) is 0 Å². The van der Waals surface area contributed by atoms with Crippen molar-refractivity contribution in [3.63, 3.8) is 0 Å². The highest BCUT2D eigenvalue weighted by Gasteiger charge is 2.19. The van der Waals surface area contributed by atoms with Crippen molar-refractivity contribution in [2.24, 2.45) is 0 Å². The molecule has 5 rings (SSSR count). The molecule has 1 N–H and O–H groups in total. The number of fused-ring (bicyclic) bond motifs is 2. The van der Waals surface area contributed by atoms with Crippen LogP contribution in [0.2, 0.25) is 0 Å². The highest BCUT2D eigenvalue weighted by Crippen LogP contribution is 2.35. The van der Waals surface area contributed by atoms with Gasteiger partial charge in [-0.1, -0.05) is 6.07 Å². The first kappa shape index (κ1) is 18.2. The van der Waals surface area contributed by atoms with Gasteiger partial charge in [-0.15, -0.1) is 0 Å². The summed E-state index contributed by atoms with van der Waals surface area (Å²) in [7, 11) is 0. The summed E-state index contributed by atoms with van der Waals surface area (Å²) in [5.41, 5.74) is 1.44. The van der Waals surface area contributed by atoms with E-state index in [9.17, 15) is 10.1 Å². The van der Waals surface area contributed by atoms with Crippen molar-refractivity contribution in [1.82, 2.24) is 19.9 Å². The van der Waals surface area contributed by atoms with Gasteiger partial charge >= 0.3 is 5.00 Å². The molecular weight excluding hydrogens is 408 g/mol. The molecule has 3 aromatic heterocycles. The fourth-order valence-corrected chi connectivity index (χ4v) is 3.89. The topological polar surface area (TPSA) is 125 Å². The molecule has 30 heavy (non-hydrogen) atoms. The first-order valence-corrected chi connectivity index (χ1v) is 9.84. The minimum atomic E-state index is -0.432. The maximum atomic E-state index is 11.3. The molecule has 0 radical (unpaired) electrons. The zero-order valence-electron chi connectivity index (χ0n) is 15.4. The molecule has 11 heteroatoms. The number of hydrogen-bond donors (Lipinski definition) is 1. The van der Waals surface area contributed by atoms with Gasteiger partial charge in [0.05, 0.1) is 16.5 Å². The van der Waals surface area contributed by atoms with Crippen LogP contribution in [0, 0.1) is 10.1 Å². The van der Waals surface area contributed by atoms with E-state index in [0.29, 0.717) is 58.8 Å². The molecule has 0 fully saturated rings. The summed E-state index contributed by atoms with van der Waals surface area (Å²) in [5, 5.41) is 15.1. The van der Waals surface area contributed by atoms with E-state index in [2.05, 4.69) is 25.3 Å². The van der Waals surface area contributed by atoms with Crippen LogP contribution in [0.4, 0.5) is 10.8 Å². The predicted molar refractivity (Wildman–Crippen MR) is 110 cm³/mol. The van der Waals surface area contributed by atoms with Crippen LogP contribution in [-0.2, 0) is 6.54 Å². The van der Waals surface area contributed by atoms with Crippen molar-refractivity contribution in [3.05, 3.63) is 58.5 Å². The number of ether oxygens (including phenoxy) is 2. The third-order valence-corrected chi connectivity index (χ3v) is 5.40. The van der Waals surface area contributed by atoms with E-state index >= 15 is 0 Å². The maximum Gasteiger partial charge on any atom is 0.326 e. The highest BCUT2D eigenvalue weighted by atomic mass is 32.1. The molecule has 0 spiro atoms. The van der Waals surface area contributed by atoms with Crippen molar-refractivity contribution in [2.45, 2.75) is 6.54 Å². The number of nitro groups is 1. The molecule has 10 nitrogen and oxygen atoms in total. The highest BCUT2D eigenvalue weighted by molar-refractivity contribution is 7.21. The van der Waals surface area contributed by atoms with E-state index in [-0.39, 0.29) is 5.00 Å². The van der Waals surface area contributed by atoms with Crippen LogP contribution < -0.4 is 14.8 Å². The van der Waals surface area contributed by atoms with Crippen molar-refractivity contribution < 1.29 is 14.4 Å². The van der Waals surface area contributed by atoms with Crippen LogP contribution in [0.3, 0.4) is 0 Å². The number of nitrogens with zero attached hydrogens (tertiary/aromatic N) is 5. The Balaban J connectivity index is 1.51. The average Bonchev–Trinajstić information content (AvgIpc) is 3.23. The van der Waals surface area contributed by atoms with E-state index in [4.69, 9.17) is 9.47 Å². The summed E-state index contributed by atoms with van der Waals surface area (Å²) in [6.45, 7) is 1.48. The zero-order chi connectivity index (χ0) is 20.5. The average molecular weight is 422 g/mol. The first-order valence-electron chi connectivity index (χ1n) is 9.02. The lowest BCUT2D eigenvalue weighted by atomic mass is 10.2. The van der Waals surface area contributed by atoms with Gasteiger partial charge in [0, 0.05) is 25.0 Å². The van der Waals surface area contributed by atoms with Crippen LogP contribution in [0.25, 0.3) is 21.7 Å². The van der Waals surface area contributed by atoms with Crippen molar-refractivity contribution >= 4 is 32.4 Å². The lowest BCUT2D eigenvalue weighted by Gasteiger charge is -2.19. The van der Waals surface area contributed by atoms with Gasteiger partial charge in [0.15, 0.2) is 17.3 Å². The van der Waals surface area contributed by atoms with Crippen molar-refractivity contribution in [2.75, 3.05) is 18.5 Å². The monoisotopic (exact) mass is 422 g/mol.